The number of likely N-dealkylation sites (N-methyl/N-ethyl adjacent to an activating group) is 1. The van der Waals surface area contributed by atoms with Gasteiger partial charge in [0.15, 0.2) is 0 Å². The number of nitrogens with one attached hydrogen (secondary N) is 2. The molecule has 0 aliphatic heterocycles. The average molecular weight is 294 g/mol. The van der Waals surface area contributed by atoms with Crippen LogP contribution in [0, 0.1) is 0 Å². The van der Waals surface area contributed by atoms with Gasteiger partial charge < -0.3 is 26.0 Å². The molecule has 0 fully saturated rings. The van der Waals surface area contributed by atoms with Gasteiger partial charge in [0.05, 0.1) is 18.0 Å². The molecule has 6 heteroatoms. The molecule has 118 valence electrons. The van der Waals surface area contributed by atoms with Gasteiger partial charge in [-0.1, -0.05) is 0 Å². The number of methoxy groups -OCH3 is 1. The van der Waals surface area contributed by atoms with E-state index in [1.54, 1.807) is 25.3 Å². The Balaban J connectivity index is 2.54. The number of rotatable bonds is 9. The molecule has 0 bridgehead atoms. The van der Waals surface area contributed by atoms with Crippen LogP contribution in [-0.4, -0.2) is 57.8 Å². The highest BCUT2D eigenvalue weighted by Crippen LogP contribution is 2.19. The molecule has 0 aliphatic carbocycles. The van der Waals surface area contributed by atoms with Crippen LogP contribution in [0.15, 0.2) is 18.2 Å². The van der Waals surface area contributed by atoms with Crippen molar-refractivity contribution in [3.63, 3.8) is 0 Å². The summed E-state index contributed by atoms with van der Waals surface area (Å²) in [4.78, 5) is 14.0. The van der Waals surface area contributed by atoms with Gasteiger partial charge in [0.2, 0.25) is 0 Å². The Bertz CT molecular complexity index is 451. The number of nitrogens with two attached hydrogens (primary N) is 1. The second-order valence-electron chi connectivity index (χ2n) is 4.88. The molecule has 0 spiro atoms. The van der Waals surface area contributed by atoms with Crippen molar-refractivity contribution in [2.45, 2.75) is 6.92 Å². The Morgan fingerprint density at radius 2 is 2.14 bits per heavy atom. The number of ether oxygens (including phenoxy) is 1. The lowest BCUT2D eigenvalue weighted by Crippen LogP contribution is -2.28. The third-order valence-electron chi connectivity index (χ3n) is 3.14. The van der Waals surface area contributed by atoms with Gasteiger partial charge in [-0.15, -0.1) is 0 Å². The number of carbonyl (C=O) groups excluding carboxylic acids is 1. The highest BCUT2D eigenvalue weighted by molar-refractivity contribution is 5.96. The van der Waals surface area contributed by atoms with Crippen LogP contribution in [0.5, 0.6) is 0 Å². The van der Waals surface area contributed by atoms with Crippen molar-refractivity contribution < 1.29 is 9.53 Å². The van der Waals surface area contributed by atoms with Gasteiger partial charge in [0.25, 0.3) is 5.91 Å². The number of hydrogen-bond donors (Lipinski definition) is 3. The first-order valence-corrected chi connectivity index (χ1v) is 7.17. The lowest BCUT2D eigenvalue weighted by molar-refractivity contribution is 0.0956. The molecule has 0 unspecified atom stereocenters. The molecule has 1 amide bonds. The smallest absolute Gasteiger partial charge is 0.251 e. The number of hydrogen-bond acceptors (Lipinski definition) is 5. The zero-order valence-corrected chi connectivity index (χ0v) is 13.1. The Labute approximate surface area is 126 Å². The van der Waals surface area contributed by atoms with Crippen molar-refractivity contribution in [1.29, 1.82) is 0 Å². The van der Waals surface area contributed by atoms with Crippen LogP contribution in [0.25, 0.3) is 0 Å². The summed E-state index contributed by atoms with van der Waals surface area (Å²) in [5.41, 5.74) is 7.98. The molecule has 1 aromatic carbocycles. The number of nitrogens with zero attached hydrogens (tertiary/aromatic N) is 1. The quantitative estimate of drug-likeness (QED) is 0.592. The van der Waals surface area contributed by atoms with Gasteiger partial charge in [-0.2, -0.15) is 0 Å². The van der Waals surface area contributed by atoms with Gasteiger partial charge in [-0.05, 0) is 32.2 Å². The zero-order valence-electron chi connectivity index (χ0n) is 13.1. The van der Waals surface area contributed by atoms with Gasteiger partial charge >= 0.3 is 0 Å². The molecule has 6 nitrogen and oxygen atoms in total. The summed E-state index contributed by atoms with van der Waals surface area (Å²) >= 11 is 0. The van der Waals surface area contributed by atoms with Crippen LogP contribution in [0.3, 0.4) is 0 Å². The maximum Gasteiger partial charge on any atom is 0.251 e. The minimum absolute atomic E-state index is 0.0854. The van der Waals surface area contributed by atoms with Crippen LogP contribution in [0.2, 0.25) is 0 Å². The number of nitrogen functional groups attached to an aromatic ring is 1. The van der Waals surface area contributed by atoms with E-state index in [1.807, 2.05) is 14.0 Å². The van der Waals surface area contributed by atoms with E-state index in [9.17, 15) is 4.79 Å². The van der Waals surface area contributed by atoms with Crippen molar-refractivity contribution in [2.75, 3.05) is 58.0 Å². The number of benzene rings is 1. The SMILES string of the molecule is CCNC(=O)c1ccc(N)c(NCCN(C)CCOC)c1. The van der Waals surface area contributed by atoms with E-state index in [-0.39, 0.29) is 5.91 Å². The molecule has 0 saturated heterocycles. The van der Waals surface area contributed by atoms with E-state index < -0.39 is 0 Å². The fourth-order valence-corrected chi connectivity index (χ4v) is 1.85. The fraction of sp³-hybridized carbons (Fsp3) is 0.533. The summed E-state index contributed by atoms with van der Waals surface area (Å²) in [5.74, 6) is -0.0854. The molecule has 0 radical (unpaired) electrons. The number of anilines is 2. The Morgan fingerprint density at radius 1 is 1.38 bits per heavy atom. The number of amides is 1. The first-order valence-electron chi connectivity index (χ1n) is 7.17. The van der Waals surface area contributed by atoms with Gasteiger partial charge in [0.1, 0.15) is 0 Å². The second-order valence-corrected chi connectivity index (χ2v) is 4.88. The van der Waals surface area contributed by atoms with Crippen molar-refractivity contribution in [2.24, 2.45) is 0 Å². The minimum atomic E-state index is -0.0854. The Hall–Kier alpha value is -1.79. The Kier molecular flexibility index (Phi) is 7.56. The summed E-state index contributed by atoms with van der Waals surface area (Å²) in [7, 11) is 3.73. The average Bonchev–Trinajstić information content (AvgIpc) is 2.47. The number of carbonyl (C=O) groups is 1. The third-order valence-corrected chi connectivity index (χ3v) is 3.14. The lowest BCUT2D eigenvalue weighted by Gasteiger charge is -2.17. The zero-order chi connectivity index (χ0) is 15.7. The highest BCUT2D eigenvalue weighted by Gasteiger charge is 2.07. The molecule has 4 N–H and O–H groups in total. The van der Waals surface area contributed by atoms with Crippen LogP contribution >= 0.6 is 0 Å². The molecule has 1 rings (SSSR count). The van der Waals surface area contributed by atoms with Crippen molar-refractivity contribution in [1.82, 2.24) is 10.2 Å². The van der Waals surface area contributed by atoms with Gasteiger partial charge in [-0.25, -0.2) is 0 Å². The Morgan fingerprint density at radius 3 is 2.81 bits per heavy atom. The van der Waals surface area contributed by atoms with E-state index >= 15 is 0 Å². The highest BCUT2D eigenvalue weighted by atomic mass is 16.5. The van der Waals surface area contributed by atoms with E-state index in [1.165, 1.54) is 0 Å². The van der Waals surface area contributed by atoms with Crippen LogP contribution in [-0.2, 0) is 4.74 Å². The molecule has 0 aliphatic rings. The van der Waals surface area contributed by atoms with Crippen LogP contribution in [0.1, 0.15) is 17.3 Å². The van der Waals surface area contributed by atoms with Crippen molar-refractivity contribution in [3.8, 4) is 0 Å². The summed E-state index contributed by atoms with van der Waals surface area (Å²) in [5, 5.41) is 6.05. The first kappa shape index (κ1) is 17.3. The minimum Gasteiger partial charge on any atom is -0.397 e. The summed E-state index contributed by atoms with van der Waals surface area (Å²) in [6, 6.07) is 5.27. The molecule has 0 heterocycles. The molecule has 0 atom stereocenters. The van der Waals surface area contributed by atoms with Gasteiger partial charge in [-0.3, -0.25) is 4.79 Å². The van der Waals surface area contributed by atoms with E-state index in [0.29, 0.717) is 24.4 Å². The monoisotopic (exact) mass is 294 g/mol. The van der Waals surface area contributed by atoms with Crippen molar-refractivity contribution in [3.05, 3.63) is 23.8 Å². The predicted molar refractivity (Wildman–Crippen MR) is 86.7 cm³/mol. The van der Waals surface area contributed by atoms with Crippen LogP contribution < -0.4 is 16.4 Å². The summed E-state index contributed by atoms with van der Waals surface area (Å²) in [6.07, 6.45) is 0. The summed E-state index contributed by atoms with van der Waals surface area (Å²) < 4.78 is 5.03. The summed E-state index contributed by atoms with van der Waals surface area (Å²) in [6.45, 7) is 5.72. The molecule has 0 aromatic heterocycles. The predicted octanol–water partition coefficient (Wildman–Crippen LogP) is 1.01. The third kappa shape index (κ3) is 6.01. The first-order chi connectivity index (χ1) is 10.1. The molecule has 0 saturated carbocycles. The van der Waals surface area contributed by atoms with Crippen molar-refractivity contribution >= 4 is 17.3 Å². The second kappa shape index (κ2) is 9.20. The fourth-order valence-electron chi connectivity index (χ4n) is 1.85. The molecular formula is C15H26N4O2. The van der Waals surface area contributed by atoms with E-state index in [4.69, 9.17) is 10.5 Å². The molecule has 1 aromatic rings. The maximum absolute atomic E-state index is 11.8. The lowest BCUT2D eigenvalue weighted by atomic mass is 10.1. The molecular weight excluding hydrogens is 268 g/mol. The van der Waals surface area contributed by atoms with Gasteiger partial charge in [0, 0.05) is 38.9 Å². The molecule has 21 heavy (non-hydrogen) atoms. The standard InChI is InChI=1S/C15H26N4O2/c1-4-17-15(20)12-5-6-13(16)14(11-12)18-7-8-19(2)9-10-21-3/h5-6,11,18H,4,7-10,16H2,1-3H3,(H,17,20). The van der Waals surface area contributed by atoms with Crippen LogP contribution in [0.4, 0.5) is 11.4 Å². The largest absolute Gasteiger partial charge is 0.397 e. The maximum atomic E-state index is 11.8. The van der Waals surface area contributed by atoms with E-state index in [0.717, 1.165) is 25.3 Å². The van der Waals surface area contributed by atoms with E-state index in [2.05, 4.69) is 15.5 Å². The topological polar surface area (TPSA) is 79.6 Å². The normalized spacial score (nSPS) is 10.7.